The van der Waals surface area contributed by atoms with E-state index in [1.54, 1.807) is 12.1 Å². The van der Waals surface area contributed by atoms with Crippen molar-refractivity contribution in [3.05, 3.63) is 29.8 Å². The zero-order valence-corrected chi connectivity index (χ0v) is 17.3. The summed E-state index contributed by atoms with van der Waals surface area (Å²) in [7, 11) is 0. The molecule has 31 heavy (non-hydrogen) atoms. The number of hydrogen-bond acceptors (Lipinski definition) is 7. The molecule has 1 rings (SSSR count). The predicted octanol–water partition coefficient (Wildman–Crippen LogP) is -1.29. The molecule has 3 unspecified atom stereocenters. The lowest BCUT2D eigenvalue weighted by Gasteiger charge is -2.23. The van der Waals surface area contributed by atoms with E-state index in [9.17, 15) is 29.4 Å². The van der Waals surface area contributed by atoms with Crippen molar-refractivity contribution in [3.63, 3.8) is 0 Å². The standard InChI is InChI=1S/C20H31N5O6/c21-10-2-1-3-15(20(30)31)24-19(29)16(11-12-4-6-13(26)7-5-12)25-18(28)14(22)8-9-17(23)27/h4-7,14-16,26H,1-3,8-11,21-22H2,(H2,23,27)(H,24,29)(H,25,28)(H,30,31). The number of hydrogen-bond donors (Lipinski definition) is 7. The average Bonchev–Trinajstić information content (AvgIpc) is 2.71. The van der Waals surface area contributed by atoms with E-state index in [2.05, 4.69) is 10.6 Å². The number of phenolic OH excluding ortho intramolecular Hbond substituents is 1. The number of aliphatic carboxylic acids is 1. The van der Waals surface area contributed by atoms with Crippen LogP contribution in [0.5, 0.6) is 5.75 Å². The van der Waals surface area contributed by atoms with Crippen molar-refractivity contribution >= 4 is 23.7 Å². The van der Waals surface area contributed by atoms with E-state index in [4.69, 9.17) is 17.2 Å². The van der Waals surface area contributed by atoms with Gasteiger partial charge < -0.3 is 38.0 Å². The lowest BCUT2D eigenvalue weighted by molar-refractivity contribution is -0.142. The van der Waals surface area contributed by atoms with Gasteiger partial charge in [-0.1, -0.05) is 12.1 Å². The number of carboxylic acids is 1. The van der Waals surface area contributed by atoms with E-state index < -0.39 is 41.8 Å². The predicted molar refractivity (Wildman–Crippen MR) is 113 cm³/mol. The fraction of sp³-hybridized carbons (Fsp3) is 0.500. The maximum atomic E-state index is 12.8. The van der Waals surface area contributed by atoms with E-state index in [1.165, 1.54) is 12.1 Å². The number of carbonyl (C=O) groups excluding carboxylic acids is 3. The smallest absolute Gasteiger partial charge is 0.326 e. The van der Waals surface area contributed by atoms with Crippen LogP contribution in [0.3, 0.4) is 0 Å². The van der Waals surface area contributed by atoms with Gasteiger partial charge in [-0.25, -0.2) is 4.79 Å². The summed E-state index contributed by atoms with van der Waals surface area (Å²) in [6.07, 6.45) is 1.27. The van der Waals surface area contributed by atoms with Crippen LogP contribution in [0.2, 0.25) is 0 Å². The molecule has 0 heterocycles. The highest BCUT2D eigenvalue weighted by molar-refractivity contribution is 5.92. The molecule has 0 fully saturated rings. The van der Waals surface area contributed by atoms with Gasteiger partial charge in [-0.2, -0.15) is 0 Å². The molecule has 3 atom stereocenters. The van der Waals surface area contributed by atoms with Crippen molar-refractivity contribution in [1.29, 1.82) is 0 Å². The molecular formula is C20H31N5O6. The van der Waals surface area contributed by atoms with Crippen molar-refractivity contribution in [3.8, 4) is 5.75 Å². The molecule has 0 aromatic heterocycles. The largest absolute Gasteiger partial charge is 0.508 e. The number of nitrogens with two attached hydrogens (primary N) is 3. The number of amides is 3. The highest BCUT2D eigenvalue weighted by Gasteiger charge is 2.28. The molecule has 11 heteroatoms. The van der Waals surface area contributed by atoms with E-state index in [0.717, 1.165) is 0 Å². The number of aromatic hydroxyl groups is 1. The van der Waals surface area contributed by atoms with Gasteiger partial charge in [0, 0.05) is 12.8 Å². The normalized spacial score (nSPS) is 13.6. The van der Waals surface area contributed by atoms with Gasteiger partial charge in [0.2, 0.25) is 17.7 Å². The Hall–Kier alpha value is -3.18. The van der Waals surface area contributed by atoms with E-state index in [0.29, 0.717) is 24.9 Å². The van der Waals surface area contributed by atoms with Gasteiger partial charge in [0.15, 0.2) is 0 Å². The second-order valence-electron chi connectivity index (χ2n) is 7.23. The minimum Gasteiger partial charge on any atom is -0.508 e. The zero-order chi connectivity index (χ0) is 23.4. The van der Waals surface area contributed by atoms with Gasteiger partial charge in [0.05, 0.1) is 6.04 Å². The van der Waals surface area contributed by atoms with Crippen LogP contribution >= 0.6 is 0 Å². The number of nitrogens with one attached hydrogen (secondary N) is 2. The minimum atomic E-state index is -1.20. The first-order valence-corrected chi connectivity index (χ1v) is 9.99. The van der Waals surface area contributed by atoms with Crippen molar-refractivity contribution in [2.75, 3.05) is 6.54 Å². The molecule has 3 amide bonds. The van der Waals surface area contributed by atoms with Crippen LogP contribution in [0.15, 0.2) is 24.3 Å². The molecule has 1 aromatic rings. The monoisotopic (exact) mass is 437 g/mol. The van der Waals surface area contributed by atoms with Crippen molar-refractivity contribution in [2.24, 2.45) is 17.2 Å². The Morgan fingerprint density at radius 3 is 2.10 bits per heavy atom. The molecule has 172 valence electrons. The molecule has 0 spiro atoms. The van der Waals surface area contributed by atoms with E-state index >= 15 is 0 Å². The summed E-state index contributed by atoms with van der Waals surface area (Å²) in [4.78, 5) is 47.6. The lowest BCUT2D eigenvalue weighted by atomic mass is 10.0. The van der Waals surface area contributed by atoms with Gasteiger partial charge in [-0.15, -0.1) is 0 Å². The SMILES string of the molecule is NCCCCC(NC(=O)C(Cc1ccc(O)cc1)NC(=O)C(N)CCC(N)=O)C(=O)O. The van der Waals surface area contributed by atoms with Crippen LogP contribution in [0, 0.1) is 0 Å². The number of carboxylic acid groups (broad SMARTS) is 1. The summed E-state index contributed by atoms with van der Waals surface area (Å²) in [5.74, 6) is -3.13. The number of unbranched alkanes of at least 4 members (excludes halogenated alkanes) is 1. The van der Waals surface area contributed by atoms with Crippen LogP contribution in [-0.2, 0) is 25.6 Å². The Bertz CT molecular complexity index is 755. The molecule has 0 bridgehead atoms. The van der Waals surface area contributed by atoms with Crippen molar-refractivity contribution in [2.45, 2.75) is 56.7 Å². The second-order valence-corrected chi connectivity index (χ2v) is 7.23. The van der Waals surface area contributed by atoms with Crippen LogP contribution in [0.1, 0.15) is 37.7 Å². The van der Waals surface area contributed by atoms with Gasteiger partial charge in [-0.05, 0) is 49.9 Å². The summed E-state index contributed by atoms with van der Waals surface area (Å²) in [5, 5.41) is 23.8. The summed E-state index contributed by atoms with van der Waals surface area (Å²) < 4.78 is 0. The number of phenols is 1. The number of primary amides is 1. The molecule has 1 aromatic carbocycles. The third kappa shape index (κ3) is 9.92. The Morgan fingerprint density at radius 1 is 0.935 bits per heavy atom. The molecule has 11 nitrogen and oxygen atoms in total. The number of benzene rings is 1. The van der Waals surface area contributed by atoms with Crippen LogP contribution in [-0.4, -0.2) is 58.6 Å². The van der Waals surface area contributed by atoms with E-state index in [1.807, 2.05) is 0 Å². The Morgan fingerprint density at radius 2 is 1.55 bits per heavy atom. The molecule has 10 N–H and O–H groups in total. The Labute approximate surface area is 180 Å². The number of rotatable bonds is 14. The summed E-state index contributed by atoms with van der Waals surface area (Å²) >= 11 is 0. The molecular weight excluding hydrogens is 406 g/mol. The van der Waals surface area contributed by atoms with Crippen molar-refractivity contribution < 1.29 is 29.4 Å². The molecule has 0 aliphatic heterocycles. The topological polar surface area (TPSA) is 211 Å². The fourth-order valence-electron chi connectivity index (χ4n) is 2.81. The minimum absolute atomic E-state index is 0.00551. The van der Waals surface area contributed by atoms with E-state index in [-0.39, 0.29) is 31.4 Å². The molecule has 0 aliphatic carbocycles. The Balaban J connectivity index is 2.92. The van der Waals surface area contributed by atoms with Crippen molar-refractivity contribution in [1.82, 2.24) is 10.6 Å². The zero-order valence-electron chi connectivity index (χ0n) is 17.3. The highest BCUT2D eigenvalue weighted by atomic mass is 16.4. The second kappa shape index (κ2) is 13.2. The third-order valence-electron chi connectivity index (χ3n) is 4.61. The molecule has 0 saturated carbocycles. The van der Waals surface area contributed by atoms with Crippen LogP contribution in [0.4, 0.5) is 0 Å². The maximum absolute atomic E-state index is 12.8. The summed E-state index contributed by atoms with van der Waals surface area (Å²) in [6.45, 7) is 0.406. The molecule has 0 saturated heterocycles. The Kier molecular flexibility index (Phi) is 11.0. The first-order valence-electron chi connectivity index (χ1n) is 9.99. The van der Waals surface area contributed by atoms with Crippen LogP contribution in [0.25, 0.3) is 0 Å². The van der Waals surface area contributed by atoms with Crippen LogP contribution < -0.4 is 27.8 Å². The van der Waals surface area contributed by atoms with Gasteiger partial charge in [-0.3, -0.25) is 14.4 Å². The quantitative estimate of drug-likeness (QED) is 0.174. The van der Waals surface area contributed by atoms with Gasteiger partial charge in [0.1, 0.15) is 17.8 Å². The first kappa shape index (κ1) is 25.9. The first-order chi connectivity index (χ1) is 14.6. The average molecular weight is 437 g/mol. The fourth-order valence-corrected chi connectivity index (χ4v) is 2.81. The van der Waals surface area contributed by atoms with Gasteiger partial charge in [0.25, 0.3) is 0 Å². The third-order valence-corrected chi connectivity index (χ3v) is 4.61. The molecule has 0 radical (unpaired) electrons. The lowest BCUT2D eigenvalue weighted by Crippen LogP contribution is -2.55. The summed E-state index contributed by atoms with van der Waals surface area (Å²) in [6, 6.07) is 2.68. The number of carbonyl (C=O) groups is 4. The van der Waals surface area contributed by atoms with Gasteiger partial charge >= 0.3 is 5.97 Å². The highest BCUT2D eigenvalue weighted by Crippen LogP contribution is 2.12. The maximum Gasteiger partial charge on any atom is 0.326 e. The summed E-state index contributed by atoms with van der Waals surface area (Å²) in [5.41, 5.74) is 16.9. The molecule has 0 aliphatic rings.